The van der Waals surface area contributed by atoms with Crippen molar-refractivity contribution in [2.24, 2.45) is 0 Å². The molecule has 2 aromatic rings. The standard InChI is InChI=1S/C18H19BrClNO3/c1-23-15-7-4-13(5-8-15)3-2-10-21-18(22)12-24-17-9-6-14(19)11-16(17)20/h4-9,11H,2-3,10,12H2,1H3,(H,21,22). The Morgan fingerprint density at radius 2 is 1.96 bits per heavy atom. The highest BCUT2D eigenvalue weighted by Gasteiger charge is 2.06. The Labute approximate surface area is 155 Å². The topological polar surface area (TPSA) is 47.6 Å². The smallest absolute Gasteiger partial charge is 0.257 e. The van der Waals surface area contributed by atoms with Gasteiger partial charge < -0.3 is 14.8 Å². The van der Waals surface area contributed by atoms with E-state index in [9.17, 15) is 4.79 Å². The van der Waals surface area contributed by atoms with E-state index in [-0.39, 0.29) is 12.5 Å². The zero-order valence-electron chi connectivity index (χ0n) is 13.4. The third-order valence-corrected chi connectivity index (χ3v) is 4.16. The van der Waals surface area contributed by atoms with Gasteiger partial charge >= 0.3 is 0 Å². The Balaban J connectivity index is 1.65. The summed E-state index contributed by atoms with van der Waals surface area (Å²) in [6, 6.07) is 13.2. The van der Waals surface area contributed by atoms with Crippen LogP contribution in [0.2, 0.25) is 5.02 Å². The fourth-order valence-corrected chi connectivity index (χ4v) is 2.83. The lowest BCUT2D eigenvalue weighted by molar-refractivity contribution is -0.123. The third kappa shape index (κ3) is 6.06. The van der Waals surface area contributed by atoms with Crippen LogP contribution in [0, 0.1) is 0 Å². The van der Waals surface area contributed by atoms with Crippen LogP contribution in [0.4, 0.5) is 0 Å². The van der Waals surface area contributed by atoms with E-state index in [1.807, 2.05) is 30.3 Å². The van der Waals surface area contributed by atoms with Gasteiger partial charge in [0.2, 0.25) is 0 Å². The molecule has 0 unspecified atom stereocenters. The van der Waals surface area contributed by atoms with Gasteiger partial charge in [0.05, 0.1) is 12.1 Å². The molecule has 4 nitrogen and oxygen atoms in total. The van der Waals surface area contributed by atoms with E-state index < -0.39 is 0 Å². The maximum absolute atomic E-state index is 11.8. The summed E-state index contributed by atoms with van der Waals surface area (Å²) in [5.41, 5.74) is 1.21. The summed E-state index contributed by atoms with van der Waals surface area (Å²) in [7, 11) is 1.65. The van der Waals surface area contributed by atoms with E-state index in [1.165, 1.54) is 5.56 Å². The monoisotopic (exact) mass is 411 g/mol. The van der Waals surface area contributed by atoms with Crippen LogP contribution in [0.25, 0.3) is 0 Å². The zero-order valence-corrected chi connectivity index (χ0v) is 15.7. The SMILES string of the molecule is COc1ccc(CCCNC(=O)COc2ccc(Br)cc2Cl)cc1. The van der Waals surface area contributed by atoms with Crippen LogP contribution in [-0.4, -0.2) is 26.2 Å². The lowest BCUT2D eigenvalue weighted by Gasteiger charge is -2.09. The average molecular weight is 413 g/mol. The fourth-order valence-electron chi connectivity index (χ4n) is 2.10. The predicted octanol–water partition coefficient (Wildman–Crippen LogP) is 4.24. The number of carbonyl (C=O) groups excluding carboxylic acids is 1. The quantitative estimate of drug-likeness (QED) is 0.660. The van der Waals surface area contributed by atoms with Crippen LogP contribution in [-0.2, 0) is 11.2 Å². The molecule has 0 aliphatic heterocycles. The molecule has 0 saturated carbocycles. The number of ether oxygens (including phenoxy) is 2. The molecule has 1 N–H and O–H groups in total. The molecule has 0 fully saturated rings. The minimum atomic E-state index is -0.163. The van der Waals surface area contributed by atoms with Crippen molar-refractivity contribution in [2.45, 2.75) is 12.8 Å². The van der Waals surface area contributed by atoms with Crippen molar-refractivity contribution < 1.29 is 14.3 Å². The lowest BCUT2D eigenvalue weighted by Crippen LogP contribution is -2.29. The number of halogens is 2. The van der Waals surface area contributed by atoms with Gasteiger partial charge in [0.15, 0.2) is 6.61 Å². The number of benzene rings is 2. The molecule has 0 bridgehead atoms. The molecule has 0 saturated heterocycles. The van der Waals surface area contributed by atoms with E-state index in [2.05, 4.69) is 21.2 Å². The molecule has 6 heteroatoms. The molecule has 1 amide bonds. The van der Waals surface area contributed by atoms with Gasteiger partial charge in [-0.15, -0.1) is 0 Å². The first-order valence-electron chi connectivity index (χ1n) is 7.56. The molecular weight excluding hydrogens is 394 g/mol. The molecule has 2 aromatic carbocycles. The minimum Gasteiger partial charge on any atom is -0.497 e. The molecule has 0 heterocycles. The summed E-state index contributed by atoms with van der Waals surface area (Å²) >= 11 is 9.35. The lowest BCUT2D eigenvalue weighted by atomic mass is 10.1. The van der Waals surface area contributed by atoms with Crippen molar-refractivity contribution in [3.05, 3.63) is 57.5 Å². The number of nitrogens with one attached hydrogen (secondary N) is 1. The first-order valence-corrected chi connectivity index (χ1v) is 8.73. The molecule has 0 radical (unpaired) electrons. The van der Waals surface area contributed by atoms with Gasteiger partial charge in [-0.25, -0.2) is 0 Å². The second-order valence-corrected chi connectivity index (χ2v) is 6.49. The van der Waals surface area contributed by atoms with E-state index in [0.29, 0.717) is 17.3 Å². The fraction of sp³-hybridized carbons (Fsp3) is 0.278. The molecule has 2 rings (SSSR count). The summed E-state index contributed by atoms with van der Waals surface area (Å²) in [6.07, 6.45) is 1.75. The summed E-state index contributed by atoms with van der Waals surface area (Å²) in [4.78, 5) is 11.8. The van der Waals surface area contributed by atoms with Crippen LogP contribution >= 0.6 is 27.5 Å². The number of methoxy groups -OCH3 is 1. The number of hydrogen-bond acceptors (Lipinski definition) is 3. The third-order valence-electron chi connectivity index (χ3n) is 3.38. The van der Waals surface area contributed by atoms with Crippen molar-refractivity contribution in [1.82, 2.24) is 5.32 Å². The summed E-state index contributed by atoms with van der Waals surface area (Å²) in [6.45, 7) is 0.548. The van der Waals surface area contributed by atoms with E-state index in [0.717, 1.165) is 23.1 Å². The highest BCUT2D eigenvalue weighted by atomic mass is 79.9. The van der Waals surface area contributed by atoms with Gasteiger partial charge in [0, 0.05) is 11.0 Å². The minimum absolute atomic E-state index is 0.0517. The van der Waals surface area contributed by atoms with Crippen LogP contribution in [0.5, 0.6) is 11.5 Å². The van der Waals surface area contributed by atoms with Crippen LogP contribution in [0.15, 0.2) is 46.9 Å². The van der Waals surface area contributed by atoms with Crippen LogP contribution in [0.1, 0.15) is 12.0 Å². The largest absolute Gasteiger partial charge is 0.497 e. The Morgan fingerprint density at radius 1 is 1.21 bits per heavy atom. The Bertz CT molecular complexity index is 676. The highest BCUT2D eigenvalue weighted by molar-refractivity contribution is 9.10. The second kappa shape index (κ2) is 9.55. The predicted molar refractivity (Wildman–Crippen MR) is 99.0 cm³/mol. The van der Waals surface area contributed by atoms with Crippen molar-refractivity contribution in [1.29, 1.82) is 0 Å². The molecular formula is C18H19BrClNO3. The van der Waals surface area contributed by atoms with Crippen LogP contribution in [0.3, 0.4) is 0 Å². The number of aryl methyl sites for hydroxylation is 1. The number of rotatable bonds is 8. The first-order chi connectivity index (χ1) is 11.6. The maximum atomic E-state index is 11.8. The van der Waals surface area contributed by atoms with Crippen molar-refractivity contribution in [2.75, 3.05) is 20.3 Å². The molecule has 0 spiro atoms. The maximum Gasteiger partial charge on any atom is 0.257 e. The van der Waals surface area contributed by atoms with E-state index in [1.54, 1.807) is 19.2 Å². The number of amides is 1. The van der Waals surface area contributed by atoms with Gasteiger partial charge in [-0.3, -0.25) is 4.79 Å². The summed E-state index contributed by atoms with van der Waals surface area (Å²) < 4.78 is 11.4. The van der Waals surface area contributed by atoms with Crippen molar-refractivity contribution >= 4 is 33.4 Å². The number of carbonyl (C=O) groups is 1. The van der Waals surface area contributed by atoms with Gasteiger partial charge in [-0.2, -0.15) is 0 Å². The summed E-state index contributed by atoms with van der Waals surface area (Å²) in [5, 5.41) is 3.30. The van der Waals surface area contributed by atoms with Gasteiger partial charge in [-0.1, -0.05) is 39.7 Å². The van der Waals surface area contributed by atoms with Crippen molar-refractivity contribution in [3.8, 4) is 11.5 Å². The summed E-state index contributed by atoms with van der Waals surface area (Å²) in [5.74, 6) is 1.17. The Morgan fingerprint density at radius 3 is 2.62 bits per heavy atom. The van der Waals surface area contributed by atoms with Crippen molar-refractivity contribution in [3.63, 3.8) is 0 Å². The van der Waals surface area contributed by atoms with E-state index >= 15 is 0 Å². The van der Waals surface area contributed by atoms with E-state index in [4.69, 9.17) is 21.1 Å². The average Bonchev–Trinajstić information content (AvgIpc) is 2.58. The molecule has 0 aliphatic carbocycles. The van der Waals surface area contributed by atoms with Crippen LogP contribution < -0.4 is 14.8 Å². The second-order valence-electron chi connectivity index (χ2n) is 5.17. The Kier molecular flexibility index (Phi) is 7.40. The Hall–Kier alpha value is -1.72. The molecule has 0 atom stereocenters. The molecule has 0 aliphatic rings. The molecule has 128 valence electrons. The molecule has 24 heavy (non-hydrogen) atoms. The normalized spacial score (nSPS) is 10.3. The van der Waals surface area contributed by atoms with Gasteiger partial charge in [-0.05, 0) is 48.7 Å². The number of hydrogen-bond donors (Lipinski definition) is 1. The zero-order chi connectivity index (χ0) is 17.4. The van der Waals surface area contributed by atoms with Gasteiger partial charge in [0.1, 0.15) is 11.5 Å². The first kappa shape index (κ1) is 18.6. The van der Waals surface area contributed by atoms with Gasteiger partial charge in [0.25, 0.3) is 5.91 Å². The molecule has 0 aromatic heterocycles. The highest BCUT2D eigenvalue weighted by Crippen LogP contribution is 2.27.